The molecule has 15 nitrogen and oxygen atoms in total. The molecule has 0 saturated heterocycles. The Kier molecular flexibility index (Phi) is 19.3. The van der Waals surface area contributed by atoms with Gasteiger partial charge in [0.25, 0.3) is 0 Å². The number of ether oxygens (including phenoxy) is 7. The van der Waals surface area contributed by atoms with E-state index in [1.165, 1.54) is 16.2 Å². The SMILES string of the molecule is CCOC(=O)CCOCCOCCOCCOCCOCCOCCNCCC(=O)Nc1sc2c(c1-c1nc3ccccc3s1)CCN(C(=O)O)C2. The van der Waals surface area contributed by atoms with Crippen molar-refractivity contribution in [3.8, 4) is 10.6 Å². The summed E-state index contributed by atoms with van der Waals surface area (Å²) in [4.78, 5) is 42.9. The van der Waals surface area contributed by atoms with Gasteiger partial charge in [0.15, 0.2) is 0 Å². The zero-order valence-electron chi connectivity index (χ0n) is 29.7. The number of thiazole rings is 1. The summed E-state index contributed by atoms with van der Waals surface area (Å²) in [6.07, 6.45) is 0.158. The molecule has 1 aromatic carbocycles. The van der Waals surface area contributed by atoms with Gasteiger partial charge in [0.2, 0.25) is 5.91 Å². The van der Waals surface area contributed by atoms with Crippen LogP contribution in [0.4, 0.5) is 9.80 Å². The smallest absolute Gasteiger partial charge is 0.407 e. The molecule has 0 aliphatic carbocycles. The molecule has 1 aliphatic heterocycles. The normalized spacial score (nSPS) is 12.7. The van der Waals surface area contributed by atoms with E-state index in [0.717, 1.165) is 31.2 Å². The third kappa shape index (κ3) is 14.6. The molecule has 17 heteroatoms. The van der Waals surface area contributed by atoms with Crippen molar-refractivity contribution in [3.63, 3.8) is 0 Å². The van der Waals surface area contributed by atoms with E-state index in [4.69, 9.17) is 38.1 Å². The molecule has 0 atom stereocenters. The highest BCUT2D eigenvalue weighted by Crippen LogP contribution is 2.45. The number of thiophene rings is 1. The first-order valence-electron chi connectivity index (χ1n) is 17.6. The predicted octanol–water partition coefficient (Wildman–Crippen LogP) is 4.03. The summed E-state index contributed by atoms with van der Waals surface area (Å²) in [7, 11) is 0. The van der Waals surface area contributed by atoms with Gasteiger partial charge < -0.3 is 53.8 Å². The van der Waals surface area contributed by atoms with E-state index in [-0.39, 0.29) is 24.7 Å². The number of aromatic nitrogens is 1. The molecule has 0 bridgehead atoms. The van der Waals surface area contributed by atoms with Gasteiger partial charge in [-0.05, 0) is 31.0 Å². The summed E-state index contributed by atoms with van der Waals surface area (Å²) in [5.74, 6) is -0.383. The average molecular weight is 767 g/mol. The fourth-order valence-corrected chi connectivity index (χ4v) is 7.50. The number of hydrogen-bond acceptors (Lipinski definition) is 14. The van der Waals surface area contributed by atoms with Crippen molar-refractivity contribution in [2.75, 3.05) is 111 Å². The zero-order valence-corrected chi connectivity index (χ0v) is 31.3. The van der Waals surface area contributed by atoms with Gasteiger partial charge in [0, 0.05) is 36.5 Å². The summed E-state index contributed by atoms with van der Waals surface area (Å²) >= 11 is 3.01. The first-order valence-corrected chi connectivity index (χ1v) is 19.2. The van der Waals surface area contributed by atoms with Crippen molar-refractivity contribution in [2.24, 2.45) is 0 Å². The molecule has 2 aromatic heterocycles. The molecule has 3 heterocycles. The maximum absolute atomic E-state index is 12.9. The van der Waals surface area contributed by atoms with E-state index >= 15 is 0 Å². The molecule has 1 aliphatic rings. The monoisotopic (exact) mass is 766 g/mol. The van der Waals surface area contributed by atoms with E-state index < -0.39 is 6.09 Å². The number of para-hydroxylation sites is 1. The Balaban J connectivity index is 0.975. The van der Waals surface area contributed by atoms with Crippen LogP contribution in [0.2, 0.25) is 0 Å². The Morgan fingerprint density at radius 2 is 1.42 bits per heavy atom. The van der Waals surface area contributed by atoms with Crippen LogP contribution in [-0.2, 0) is 55.7 Å². The Morgan fingerprint density at radius 3 is 2.04 bits per heavy atom. The Bertz CT molecular complexity index is 1490. The molecule has 3 aromatic rings. The number of nitrogens with one attached hydrogen (secondary N) is 2. The number of nitrogens with zero attached hydrogens (tertiary/aromatic N) is 2. The largest absolute Gasteiger partial charge is 0.466 e. The molecule has 52 heavy (non-hydrogen) atoms. The van der Waals surface area contributed by atoms with Crippen molar-refractivity contribution in [3.05, 3.63) is 34.7 Å². The highest BCUT2D eigenvalue weighted by molar-refractivity contribution is 7.23. The van der Waals surface area contributed by atoms with Gasteiger partial charge in [-0.15, -0.1) is 22.7 Å². The van der Waals surface area contributed by atoms with Crippen molar-refractivity contribution >= 4 is 55.9 Å². The maximum Gasteiger partial charge on any atom is 0.407 e. The Hall–Kier alpha value is -3.26. The van der Waals surface area contributed by atoms with Crippen LogP contribution in [0.15, 0.2) is 24.3 Å². The molecule has 4 rings (SSSR count). The van der Waals surface area contributed by atoms with Crippen LogP contribution < -0.4 is 10.6 Å². The second-order valence-corrected chi connectivity index (χ2v) is 13.6. The van der Waals surface area contributed by atoms with E-state index in [1.54, 1.807) is 18.3 Å². The number of carboxylic acid groups (broad SMARTS) is 1. The number of benzene rings is 1. The van der Waals surface area contributed by atoms with Gasteiger partial charge in [0.1, 0.15) is 10.0 Å². The molecule has 0 fully saturated rings. The molecular formula is C35H50N4O11S2. The third-order valence-electron chi connectivity index (χ3n) is 7.66. The quantitative estimate of drug-likeness (QED) is 0.0750. The van der Waals surface area contributed by atoms with E-state index in [0.29, 0.717) is 123 Å². The highest BCUT2D eigenvalue weighted by Gasteiger charge is 2.29. The van der Waals surface area contributed by atoms with Crippen LogP contribution in [0, 0.1) is 0 Å². The third-order valence-corrected chi connectivity index (χ3v) is 9.84. The second kappa shape index (κ2) is 24.1. The number of amides is 2. The number of anilines is 1. The van der Waals surface area contributed by atoms with E-state index in [1.807, 2.05) is 24.3 Å². The molecule has 2 amide bonds. The lowest BCUT2D eigenvalue weighted by Gasteiger charge is -2.24. The fraction of sp³-hybridized carbons (Fsp3) is 0.600. The number of rotatable bonds is 27. The number of fused-ring (bicyclic) bond motifs is 2. The van der Waals surface area contributed by atoms with Gasteiger partial charge in [-0.25, -0.2) is 9.78 Å². The van der Waals surface area contributed by atoms with Gasteiger partial charge in [-0.1, -0.05) is 12.1 Å². The molecule has 0 saturated carbocycles. The van der Waals surface area contributed by atoms with Gasteiger partial charge in [-0.2, -0.15) is 0 Å². The van der Waals surface area contributed by atoms with Crippen LogP contribution in [-0.4, -0.2) is 138 Å². The van der Waals surface area contributed by atoms with Crippen molar-refractivity contribution < 1.29 is 52.6 Å². The molecule has 0 unspecified atom stereocenters. The summed E-state index contributed by atoms with van der Waals surface area (Å²) in [6.45, 7) is 9.29. The minimum atomic E-state index is -0.943. The lowest BCUT2D eigenvalue weighted by Crippen LogP contribution is -2.34. The van der Waals surface area contributed by atoms with Gasteiger partial charge in [0.05, 0.1) is 109 Å². The first kappa shape index (κ1) is 41.5. The van der Waals surface area contributed by atoms with Crippen LogP contribution in [0.1, 0.15) is 30.2 Å². The Labute approximate surface area is 311 Å². The van der Waals surface area contributed by atoms with Crippen molar-refractivity contribution in [2.45, 2.75) is 32.7 Å². The molecule has 0 spiro atoms. The van der Waals surface area contributed by atoms with Crippen molar-refractivity contribution in [1.82, 2.24) is 15.2 Å². The van der Waals surface area contributed by atoms with Crippen LogP contribution in [0.5, 0.6) is 0 Å². The summed E-state index contributed by atoms with van der Waals surface area (Å²) in [5.41, 5.74) is 2.87. The van der Waals surface area contributed by atoms with Gasteiger partial charge >= 0.3 is 12.1 Å². The number of carbonyl (C=O) groups excluding carboxylic acids is 2. The lowest BCUT2D eigenvalue weighted by molar-refractivity contribution is -0.144. The summed E-state index contributed by atoms with van der Waals surface area (Å²) in [6, 6.07) is 7.92. The summed E-state index contributed by atoms with van der Waals surface area (Å²) in [5, 5.41) is 17.4. The van der Waals surface area contributed by atoms with Crippen LogP contribution >= 0.6 is 22.7 Å². The standard InChI is InChI=1S/C35H50N4O11S2/c1-2-50-31(41)9-13-44-15-17-46-19-21-48-23-24-49-22-20-47-18-16-45-14-11-36-10-7-30(40)38-34-32(33-37-27-5-3-4-6-28(27)51-33)26-8-12-39(35(42)43)25-29(26)52-34/h3-6,36H,2,7-25H2,1H3,(H,38,40)(H,42,43). The molecule has 0 radical (unpaired) electrons. The zero-order chi connectivity index (χ0) is 36.8. The van der Waals surface area contributed by atoms with Crippen LogP contribution in [0.3, 0.4) is 0 Å². The first-order chi connectivity index (χ1) is 25.5. The number of carbonyl (C=O) groups is 3. The molecular weight excluding hydrogens is 717 g/mol. The minimum absolute atomic E-state index is 0.122. The number of hydrogen-bond donors (Lipinski definition) is 3. The predicted molar refractivity (Wildman–Crippen MR) is 197 cm³/mol. The Morgan fingerprint density at radius 1 is 0.808 bits per heavy atom. The van der Waals surface area contributed by atoms with Gasteiger partial charge in [-0.3, -0.25) is 9.59 Å². The topological polar surface area (TPSA) is 176 Å². The molecule has 3 N–H and O–H groups in total. The highest BCUT2D eigenvalue weighted by atomic mass is 32.1. The fourth-order valence-electron chi connectivity index (χ4n) is 5.11. The van der Waals surface area contributed by atoms with E-state index in [9.17, 15) is 19.5 Å². The average Bonchev–Trinajstić information content (AvgIpc) is 3.72. The number of esters is 1. The minimum Gasteiger partial charge on any atom is -0.466 e. The summed E-state index contributed by atoms with van der Waals surface area (Å²) < 4.78 is 38.7. The second-order valence-electron chi connectivity index (χ2n) is 11.4. The van der Waals surface area contributed by atoms with E-state index in [2.05, 4.69) is 10.6 Å². The maximum atomic E-state index is 12.9. The molecule has 288 valence electrons. The van der Waals surface area contributed by atoms with Crippen molar-refractivity contribution in [1.29, 1.82) is 0 Å². The van der Waals surface area contributed by atoms with Crippen LogP contribution in [0.25, 0.3) is 20.8 Å². The lowest BCUT2D eigenvalue weighted by atomic mass is 10.0.